The Bertz CT molecular complexity index is 496. The predicted octanol–water partition coefficient (Wildman–Crippen LogP) is 2.46. The predicted molar refractivity (Wildman–Crippen MR) is 101 cm³/mol. The molecular weight excluding hydrogens is 349 g/mol. The minimum absolute atomic E-state index is 0. The maximum absolute atomic E-state index is 12.2. The number of piperidine rings is 1. The van der Waals surface area contributed by atoms with E-state index in [1.54, 1.807) is 6.20 Å². The lowest BCUT2D eigenvalue weighted by atomic mass is 10.1. The van der Waals surface area contributed by atoms with Crippen molar-refractivity contribution in [3.8, 4) is 0 Å². The Morgan fingerprint density at radius 3 is 2.71 bits per heavy atom. The monoisotopic (exact) mass is 377 g/mol. The molecule has 1 amide bonds. The van der Waals surface area contributed by atoms with Crippen molar-refractivity contribution in [1.82, 2.24) is 20.0 Å². The number of amides is 1. The summed E-state index contributed by atoms with van der Waals surface area (Å²) in [7, 11) is 0. The average Bonchev–Trinajstić information content (AvgIpc) is 3.19. The van der Waals surface area contributed by atoms with Crippen molar-refractivity contribution in [2.24, 2.45) is 0 Å². The summed E-state index contributed by atoms with van der Waals surface area (Å²) in [4.78, 5) is 14.7. The summed E-state index contributed by atoms with van der Waals surface area (Å²) in [6.07, 6.45) is 6.81. The first-order valence-electron chi connectivity index (χ1n) is 8.55. The zero-order valence-corrected chi connectivity index (χ0v) is 15.9. The Hall–Kier alpha value is -0.820. The van der Waals surface area contributed by atoms with E-state index in [4.69, 9.17) is 0 Å². The molecule has 2 aliphatic rings. The molecule has 8 heteroatoms. The number of nitrogens with zero attached hydrogens (tertiary/aromatic N) is 3. The van der Waals surface area contributed by atoms with Gasteiger partial charge in [0.15, 0.2) is 0 Å². The van der Waals surface area contributed by atoms with Gasteiger partial charge in [0.25, 0.3) is 0 Å². The lowest BCUT2D eigenvalue weighted by molar-refractivity contribution is -0.116. The van der Waals surface area contributed by atoms with Crippen molar-refractivity contribution in [3.63, 3.8) is 0 Å². The van der Waals surface area contributed by atoms with Crippen molar-refractivity contribution in [2.75, 3.05) is 31.5 Å². The Morgan fingerprint density at radius 1 is 1.33 bits per heavy atom. The number of likely N-dealkylation sites (tertiary alicyclic amines) is 1. The van der Waals surface area contributed by atoms with E-state index in [1.165, 1.54) is 6.42 Å². The van der Waals surface area contributed by atoms with Gasteiger partial charge in [-0.15, -0.1) is 24.8 Å². The molecule has 2 N–H and O–H groups in total. The molecule has 2 aliphatic heterocycles. The van der Waals surface area contributed by atoms with Crippen LogP contribution in [0.1, 0.15) is 45.1 Å². The highest BCUT2D eigenvalue weighted by atomic mass is 35.5. The number of nitrogens with one attached hydrogen (secondary N) is 2. The SMILES string of the molecule is CCN1CCC(n2nccc2NC(=O)CC2CCCN2)CC1.Cl.Cl. The minimum Gasteiger partial charge on any atom is -0.313 e. The number of carbonyl (C=O) groups is 1. The van der Waals surface area contributed by atoms with Gasteiger partial charge >= 0.3 is 0 Å². The number of hydrogen-bond donors (Lipinski definition) is 2. The van der Waals surface area contributed by atoms with Crippen LogP contribution in [-0.4, -0.2) is 52.8 Å². The molecule has 6 nitrogen and oxygen atoms in total. The van der Waals surface area contributed by atoms with Crippen LogP contribution < -0.4 is 10.6 Å². The number of anilines is 1. The molecule has 0 aliphatic carbocycles. The lowest BCUT2D eigenvalue weighted by Gasteiger charge is -2.31. The maximum atomic E-state index is 12.2. The molecule has 1 aromatic heterocycles. The summed E-state index contributed by atoms with van der Waals surface area (Å²) in [5.41, 5.74) is 0. The average molecular weight is 378 g/mol. The highest BCUT2D eigenvalue weighted by molar-refractivity contribution is 5.90. The van der Waals surface area contributed by atoms with E-state index < -0.39 is 0 Å². The number of aromatic nitrogens is 2. The second-order valence-corrected chi connectivity index (χ2v) is 6.37. The van der Waals surface area contributed by atoms with Crippen molar-refractivity contribution >= 4 is 36.5 Å². The largest absolute Gasteiger partial charge is 0.313 e. The fourth-order valence-corrected chi connectivity index (χ4v) is 3.53. The quantitative estimate of drug-likeness (QED) is 0.826. The van der Waals surface area contributed by atoms with Crippen LogP contribution in [0, 0.1) is 0 Å². The molecule has 1 atom stereocenters. The molecule has 0 radical (unpaired) electrons. The van der Waals surface area contributed by atoms with Gasteiger partial charge < -0.3 is 15.5 Å². The summed E-state index contributed by atoms with van der Waals surface area (Å²) < 4.78 is 2.01. The van der Waals surface area contributed by atoms with Crippen molar-refractivity contribution in [2.45, 2.75) is 51.1 Å². The van der Waals surface area contributed by atoms with Gasteiger partial charge in [0, 0.05) is 31.6 Å². The Kier molecular flexibility index (Phi) is 9.05. The molecule has 0 spiro atoms. The van der Waals surface area contributed by atoms with Gasteiger partial charge in [0.1, 0.15) is 5.82 Å². The summed E-state index contributed by atoms with van der Waals surface area (Å²) >= 11 is 0. The third kappa shape index (κ3) is 5.34. The van der Waals surface area contributed by atoms with Crippen LogP contribution in [0.3, 0.4) is 0 Å². The van der Waals surface area contributed by atoms with Gasteiger partial charge in [-0.25, -0.2) is 4.68 Å². The Morgan fingerprint density at radius 2 is 2.08 bits per heavy atom. The van der Waals surface area contributed by atoms with E-state index in [1.807, 2.05) is 10.7 Å². The lowest BCUT2D eigenvalue weighted by Crippen LogP contribution is -2.35. The summed E-state index contributed by atoms with van der Waals surface area (Å²) in [6, 6.07) is 2.65. The molecule has 0 saturated carbocycles. The van der Waals surface area contributed by atoms with Gasteiger partial charge in [-0.3, -0.25) is 4.79 Å². The van der Waals surface area contributed by atoms with Crippen LogP contribution in [0.5, 0.6) is 0 Å². The van der Waals surface area contributed by atoms with Crippen LogP contribution in [0.15, 0.2) is 12.3 Å². The van der Waals surface area contributed by atoms with Crippen LogP contribution in [0.25, 0.3) is 0 Å². The molecular formula is C16H29Cl2N5O. The zero-order chi connectivity index (χ0) is 15.4. The van der Waals surface area contributed by atoms with Gasteiger partial charge in [0.2, 0.25) is 5.91 Å². The van der Waals surface area contributed by atoms with Crippen molar-refractivity contribution in [3.05, 3.63) is 12.3 Å². The van der Waals surface area contributed by atoms with E-state index >= 15 is 0 Å². The molecule has 0 aromatic carbocycles. The molecule has 2 fully saturated rings. The topological polar surface area (TPSA) is 62.2 Å². The van der Waals surface area contributed by atoms with Gasteiger partial charge in [-0.1, -0.05) is 6.92 Å². The highest BCUT2D eigenvalue weighted by Crippen LogP contribution is 2.25. The number of hydrogen-bond acceptors (Lipinski definition) is 4. The number of halogens is 2. The maximum Gasteiger partial charge on any atom is 0.227 e. The molecule has 24 heavy (non-hydrogen) atoms. The minimum atomic E-state index is 0. The smallest absolute Gasteiger partial charge is 0.227 e. The van der Waals surface area contributed by atoms with Gasteiger partial charge in [0.05, 0.1) is 12.2 Å². The van der Waals surface area contributed by atoms with Crippen LogP contribution in [0.2, 0.25) is 0 Å². The first-order chi connectivity index (χ1) is 10.8. The number of carbonyl (C=O) groups excluding carboxylic acids is 1. The Labute approximate surface area is 156 Å². The third-order valence-corrected chi connectivity index (χ3v) is 4.88. The molecule has 3 rings (SSSR count). The molecule has 0 bridgehead atoms. The molecule has 1 aromatic rings. The molecule has 3 heterocycles. The van der Waals surface area contributed by atoms with E-state index in [2.05, 4.69) is 27.6 Å². The number of rotatable bonds is 5. The highest BCUT2D eigenvalue weighted by Gasteiger charge is 2.23. The van der Waals surface area contributed by atoms with Crippen LogP contribution in [0.4, 0.5) is 5.82 Å². The standard InChI is InChI=1S/C16H27N5O.2ClH/c1-2-20-10-6-14(7-11-20)21-15(5-9-18-21)19-16(22)12-13-4-3-8-17-13;;/h5,9,13-14,17H,2-4,6-8,10-12H2,1H3,(H,19,22);2*1H. The van der Waals surface area contributed by atoms with E-state index in [0.29, 0.717) is 18.5 Å². The fraction of sp³-hybridized carbons (Fsp3) is 0.750. The third-order valence-electron chi connectivity index (χ3n) is 4.88. The normalized spacial score (nSPS) is 21.8. The van der Waals surface area contributed by atoms with Gasteiger partial charge in [-0.05, 0) is 38.8 Å². The van der Waals surface area contributed by atoms with Crippen molar-refractivity contribution < 1.29 is 4.79 Å². The molecule has 1 unspecified atom stereocenters. The first-order valence-corrected chi connectivity index (χ1v) is 8.55. The van der Waals surface area contributed by atoms with Crippen molar-refractivity contribution in [1.29, 1.82) is 0 Å². The second-order valence-electron chi connectivity index (χ2n) is 6.37. The summed E-state index contributed by atoms with van der Waals surface area (Å²) in [5, 5.41) is 10.9. The van der Waals surface area contributed by atoms with E-state index in [0.717, 1.165) is 51.3 Å². The second kappa shape index (κ2) is 10.2. The molecule has 2 saturated heterocycles. The van der Waals surface area contributed by atoms with Crippen LogP contribution >= 0.6 is 24.8 Å². The zero-order valence-electron chi connectivity index (χ0n) is 14.2. The Balaban J connectivity index is 0.00000144. The van der Waals surface area contributed by atoms with Crippen LogP contribution in [-0.2, 0) is 4.79 Å². The summed E-state index contributed by atoms with van der Waals surface area (Å²) in [5.74, 6) is 0.935. The van der Waals surface area contributed by atoms with E-state index in [9.17, 15) is 4.79 Å². The van der Waals surface area contributed by atoms with E-state index in [-0.39, 0.29) is 30.7 Å². The first kappa shape index (κ1) is 21.2. The van der Waals surface area contributed by atoms with Gasteiger partial charge in [-0.2, -0.15) is 5.10 Å². The summed E-state index contributed by atoms with van der Waals surface area (Å²) in [6.45, 7) is 6.58. The molecule has 138 valence electrons. The fourth-order valence-electron chi connectivity index (χ4n) is 3.53.